The summed E-state index contributed by atoms with van der Waals surface area (Å²) in [5, 5.41) is 4.28. The van der Waals surface area contributed by atoms with Crippen LogP contribution in [0.1, 0.15) is 29.8 Å². The summed E-state index contributed by atoms with van der Waals surface area (Å²) in [5.41, 5.74) is 2.75. The number of carbonyl (C=O) groups excluding carboxylic acids is 1. The number of methoxy groups -OCH3 is 1. The van der Waals surface area contributed by atoms with Crippen molar-refractivity contribution in [2.75, 3.05) is 7.11 Å². The van der Waals surface area contributed by atoms with Crippen molar-refractivity contribution in [1.29, 1.82) is 0 Å². The van der Waals surface area contributed by atoms with Crippen LogP contribution in [-0.4, -0.2) is 27.4 Å². The predicted octanol–water partition coefficient (Wildman–Crippen LogP) is 1.59. The summed E-state index contributed by atoms with van der Waals surface area (Å²) in [4.78, 5) is 30.9. The van der Waals surface area contributed by atoms with E-state index >= 15 is 0 Å². The van der Waals surface area contributed by atoms with E-state index < -0.39 is 12.0 Å². The molecule has 0 spiro atoms. The molecule has 0 amide bonds. The van der Waals surface area contributed by atoms with Crippen molar-refractivity contribution in [2.45, 2.75) is 19.9 Å². The Kier molecular flexibility index (Phi) is 4.98. The van der Waals surface area contributed by atoms with Crippen LogP contribution in [0.15, 0.2) is 51.5 Å². The Morgan fingerprint density at radius 3 is 2.57 bits per heavy atom. The molecular formula is C21H19FN4O3S. The minimum Gasteiger partial charge on any atom is -0.466 e. The van der Waals surface area contributed by atoms with E-state index in [4.69, 9.17) is 4.74 Å². The average molecular weight is 426 g/mol. The molecular weight excluding hydrogens is 407 g/mol. The van der Waals surface area contributed by atoms with Crippen molar-refractivity contribution in [1.82, 2.24) is 14.3 Å². The van der Waals surface area contributed by atoms with Crippen LogP contribution >= 0.6 is 11.3 Å². The molecule has 0 fully saturated rings. The van der Waals surface area contributed by atoms with E-state index in [2.05, 4.69) is 10.1 Å². The maximum Gasteiger partial charge on any atom is 0.338 e. The maximum atomic E-state index is 13.4. The van der Waals surface area contributed by atoms with E-state index in [1.807, 2.05) is 6.92 Å². The molecule has 30 heavy (non-hydrogen) atoms. The summed E-state index contributed by atoms with van der Waals surface area (Å²) < 4.78 is 21.8. The van der Waals surface area contributed by atoms with Gasteiger partial charge in [0.15, 0.2) is 4.80 Å². The normalized spacial score (nSPS) is 16.4. The van der Waals surface area contributed by atoms with Gasteiger partial charge in [-0.3, -0.25) is 14.0 Å². The van der Waals surface area contributed by atoms with Gasteiger partial charge >= 0.3 is 5.97 Å². The SMILES string of the molecule is COC(=O)C1=C(C)N=c2s/c(=C/c3ccc(F)cc3)c(=O)n2C1c1cnn(C)c1C. The molecule has 2 aromatic heterocycles. The number of benzene rings is 1. The highest BCUT2D eigenvalue weighted by atomic mass is 32.1. The largest absolute Gasteiger partial charge is 0.466 e. The molecule has 1 aromatic carbocycles. The minimum absolute atomic E-state index is 0.287. The molecule has 1 aliphatic heterocycles. The quantitative estimate of drug-likeness (QED) is 0.596. The van der Waals surface area contributed by atoms with Crippen LogP contribution in [0.5, 0.6) is 0 Å². The number of rotatable bonds is 3. The maximum absolute atomic E-state index is 13.4. The number of nitrogens with zero attached hydrogens (tertiary/aromatic N) is 4. The molecule has 0 N–H and O–H groups in total. The van der Waals surface area contributed by atoms with Crippen LogP contribution in [0.25, 0.3) is 6.08 Å². The van der Waals surface area contributed by atoms with E-state index in [1.54, 1.807) is 43.1 Å². The van der Waals surface area contributed by atoms with Crippen LogP contribution in [-0.2, 0) is 16.6 Å². The van der Waals surface area contributed by atoms with Crippen molar-refractivity contribution >= 4 is 23.4 Å². The van der Waals surface area contributed by atoms with Crippen molar-refractivity contribution in [3.05, 3.63) is 84.1 Å². The van der Waals surface area contributed by atoms with Crippen LogP contribution in [0.4, 0.5) is 4.39 Å². The number of hydrogen-bond donors (Lipinski definition) is 0. The summed E-state index contributed by atoms with van der Waals surface area (Å²) >= 11 is 1.22. The van der Waals surface area contributed by atoms with E-state index in [9.17, 15) is 14.0 Å². The van der Waals surface area contributed by atoms with E-state index in [1.165, 1.54) is 35.1 Å². The number of esters is 1. The molecule has 154 valence electrons. The molecule has 7 nitrogen and oxygen atoms in total. The number of allylic oxidation sites excluding steroid dienone is 1. The third-order valence-corrected chi connectivity index (χ3v) is 6.15. The smallest absolute Gasteiger partial charge is 0.338 e. The number of thiazole rings is 1. The summed E-state index contributed by atoms with van der Waals surface area (Å²) in [7, 11) is 3.10. The van der Waals surface area contributed by atoms with Gasteiger partial charge in [-0.1, -0.05) is 23.5 Å². The van der Waals surface area contributed by atoms with Gasteiger partial charge in [-0.15, -0.1) is 0 Å². The molecule has 3 heterocycles. The number of halogens is 1. The molecule has 0 saturated heterocycles. The first kappa shape index (κ1) is 20.0. The summed E-state index contributed by atoms with van der Waals surface area (Å²) in [6, 6.07) is 5.18. The van der Waals surface area contributed by atoms with E-state index in [0.717, 1.165) is 11.3 Å². The summed E-state index contributed by atoms with van der Waals surface area (Å²) in [6.45, 7) is 3.60. The van der Waals surface area contributed by atoms with Crippen molar-refractivity contribution in [3.8, 4) is 0 Å². The van der Waals surface area contributed by atoms with Crippen LogP contribution < -0.4 is 14.9 Å². The average Bonchev–Trinajstić information content (AvgIpc) is 3.21. The second-order valence-corrected chi connectivity index (χ2v) is 7.94. The van der Waals surface area contributed by atoms with Gasteiger partial charge in [0.25, 0.3) is 5.56 Å². The monoisotopic (exact) mass is 426 g/mol. The molecule has 1 unspecified atom stereocenters. The Bertz CT molecular complexity index is 1360. The first-order valence-corrected chi connectivity index (χ1v) is 9.98. The fourth-order valence-electron chi connectivity index (χ4n) is 3.48. The van der Waals surface area contributed by atoms with Gasteiger partial charge < -0.3 is 4.74 Å². The standard InChI is InChI=1S/C21H19FN4O3S/c1-11-17(20(28)29-4)18(15-10-23-25(3)12(15)2)26-19(27)16(30-21(26)24-11)9-13-5-7-14(22)8-6-13/h5-10,18H,1-4H3/b16-9+. The van der Waals surface area contributed by atoms with Crippen molar-refractivity contribution in [3.63, 3.8) is 0 Å². The Morgan fingerprint density at radius 2 is 1.97 bits per heavy atom. The van der Waals surface area contributed by atoms with Gasteiger partial charge in [-0.25, -0.2) is 14.2 Å². The summed E-state index contributed by atoms with van der Waals surface area (Å²) in [6.07, 6.45) is 3.34. The number of aromatic nitrogens is 3. The number of aryl methyl sites for hydroxylation is 1. The third-order valence-electron chi connectivity index (χ3n) is 5.16. The lowest BCUT2D eigenvalue weighted by molar-refractivity contribution is -0.136. The lowest BCUT2D eigenvalue weighted by atomic mass is 9.96. The van der Waals surface area contributed by atoms with E-state index in [0.29, 0.717) is 26.2 Å². The Morgan fingerprint density at radius 1 is 1.27 bits per heavy atom. The molecule has 4 rings (SSSR count). The highest BCUT2D eigenvalue weighted by Crippen LogP contribution is 2.32. The lowest BCUT2D eigenvalue weighted by Crippen LogP contribution is -2.40. The van der Waals surface area contributed by atoms with Crippen LogP contribution in [0, 0.1) is 12.7 Å². The molecule has 9 heteroatoms. The predicted molar refractivity (Wildman–Crippen MR) is 110 cm³/mol. The second kappa shape index (κ2) is 7.49. The zero-order valence-electron chi connectivity index (χ0n) is 16.8. The Labute approximate surface area is 175 Å². The van der Waals surface area contributed by atoms with Gasteiger partial charge in [-0.2, -0.15) is 5.10 Å². The first-order valence-electron chi connectivity index (χ1n) is 9.16. The molecule has 0 radical (unpaired) electrons. The van der Waals surface area contributed by atoms with E-state index in [-0.39, 0.29) is 11.4 Å². The van der Waals surface area contributed by atoms with Crippen LogP contribution in [0.2, 0.25) is 0 Å². The zero-order chi connectivity index (χ0) is 21.6. The molecule has 0 bridgehead atoms. The molecule has 1 aliphatic rings. The molecule has 1 atom stereocenters. The molecule has 0 saturated carbocycles. The van der Waals surface area contributed by atoms with Crippen molar-refractivity contribution < 1.29 is 13.9 Å². The lowest BCUT2D eigenvalue weighted by Gasteiger charge is -2.23. The topological polar surface area (TPSA) is 78.5 Å². The molecule has 0 aliphatic carbocycles. The Hall–Kier alpha value is -3.33. The second-order valence-electron chi connectivity index (χ2n) is 6.93. The minimum atomic E-state index is -0.697. The van der Waals surface area contributed by atoms with Crippen LogP contribution in [0.3, 0.4) is 0 Å². The van der Waals surface area contributed by atoms with Gasteiger partial charge in [0, 0.05) is 18.3 Å². The van der Waals surface area contributed by atoms with Gasteiger partial charge in [0.2, 0.25) is 0 Å². The number of ether oxygens (including phenoxy) is 1. The first-order chi connectivity index (χ1) is 14.3. The third kappa shape index (κ3) is 3.21. The number of fused-ring (bicyclic) bond motifs is 1. The highest BCUT2D eigenvalue weighted by molar-refractivity contribution is 7.07. The summed E-state index contributed by atoms with van der Waals surface area (Å²) in [5.74, 6) is -0.892. The van der Waals surface area contributed by atoms with Gasteiger partial charge in [0.1, 0.15) is 11.9 Å². The number of carbonyl (C=O) groups is 1. The fraction of sp³-hybridized carbons (Fsp3) is 0.238. The number of hydrogen-bond acceptors (Lipinski definition) is 6. The van der Waals surface area contributed by atoms with Gasteiger partial charge in [-0.05, 0) is 37.6 Å². The fourth-order valence-corrected chi connectivity index (χ4v) is 4.53. The Balaban J connectivity index is 1.99. The van der Waals surface area contributed by atoms with Crippen molar-refractivity contribution in [2.24, 2.45) is 12.0 Å². The molecule has 3 aromatic rings. The van der Waals surface area contributed by atoms with Gasteiger partial charge in [0.05, 0.1) is 29.1 Å². The zero-order valence-corrected chi connectivity index (χ0v) is 17.7. The highest BCUT2D eigenvalue weighted by Gasteiger charge is 2.34.